The van der Waals surface area contributed by atoms with Gasteiger partial charge in [-0.25, -0.2) is 17.6 Å². The van der Waals surface area contributed by atoms with Gasteiger partial charge in [0, 0.05) is 10.6 Å². The molecule has 1 amide bonds. The number of aliphatic carboxylic acids is 1. The molecule has 1 aliphatic carbocycles. The van der Waals surface area contributed by atoms with Gasteiger partial charge in [-0.05, 0) is 47.4 Å². The lowest BCUT2D eigenvalue weighted by Crippen LogP contribution is -2.45. The van der Waals surface area contributed by atoms with Gasteiger partial charge in [-0.1, -0.05) is 43.7 Å². The van der Waals surface area contributed by atoms with Crippen LogP contribution in [0.2, 0.25) is 5.02 Å². The number of fused-ring (bicyclic) bond motifs is 1. The van der Waals surface area contributed by atoms with E-state index in [2.05, 4.69) is 10.0 Å². The molecule has 170 valence electrons. The number of carboxylic acid groups (broad SMARTS) is 1. The van der Waals surface area contributed by atoms with Crippen molar-refractivity contribution >= 4 is 39.6 Å². The third-order valence-corrected chi connectivity index (χ3v) is 6.83. The lowest BCUT2D eigenvalue weighted by molar-refractivity contribution is -0.143. The molecule has 0 spiro atoms. The standard InChI is InChI=1S/C22H22ClFN2O5S/c1-12(2)21(22(28)29)25-20(27)11-17-15-8-10-19(16(15)7-9-18(17)24)26-32(30,31)14-5-3-13(23)4-6-14/h3-10,12,19,21,26H,11H2,1-2H3,(H,25,27)(H,28,29)/t19?,21-/m1/s1. The van der Waals surface area contributed by atoms with Crippen molar-refractivity contribution in [1.29, 1.82) is 0 Å². The zero-order valence-electron chi connectivity index (χ0n) is 17.3. The summed E-state index contributed by atoms with van der Waals surface area (Å²) in [4.78, 5) is 23.8. The highest BCUT2D eigenvalue weighted by molar-refractivity contribution is 7.89. The van der Waals surface area contributed by atoms with Crippen molar-refractivity contribution in [3.63, 3.8) is 0 Å². The molecule has 32 heavy (non-hydrogen) atoms. The summed E-state index contributed by atoms with van der Waals surface area (Å²) in [6, 6.07) is 6.43. The number of carboxylic acids is 1. The van der Waals surface area contributed by atoms with E-state index in [0.717, 1.165) is 6.07 Å². The van der Waals surface area contributed by atoms with Gasteiger partial charge in [-0.3, -0.25) is 4.79 Å². The second kappa shape index (κ2) is 9.40. The Morgan fingerprint density at radius 2 is 1.81 bits per heavy atom. The van der Waals surface area contributed by atoms with Crippen LogP contribution < -0.4 is 10.0 Å². The fourth-order valence-corrected chi connectivity index (χ4v) is 4.75. The Hall–Kier alpha value is -2.75. The number of carbonyl (C=O) groups excluding carboxylic acids is 1. The van der Waals surface area contributed by atoms with Crippen molar-refractivity contribution < 1.29 is 27.5 Å². The number of hydrogen-bond donors (Lipinski definition) is 3. The number of benzene rings is 2. The van der Waals surface area contributed by atoms with Gasteiger partial charge >= 0.3 is 5.97 Å². The maximum absolute atomic E-state index is 14.5. The first-order valence-electron chi connectivity index (χ1n) is 9.79. The molecular weight excluding hydrogens is 459 g/mol. The maximum Gasteiger partial charge on any atom is 0.326 e. The van der Waals surface area contributed by atoms with Crippen LogP contribution in [0.1, 0.15) is 36.6 Å². The molecule has 10 heteroatoms. The van der Waals surface area contributed by atoms with Gasteiger partial charge in [0.15, 0.2) is 0 Å². The van der Waals surface area contributed by atoms with E-state index < -0.39 is 39.8 Å². The zero-order valence-corrected chi connectivity index (χ0v) is 18.9. The fraction of sp³-hybridized carbons (Fsp3) is 0.273. The van der Waals surface area contributed by atoms with Crippen molar-refractivity contribution in [2.45, 2.75) is 37.2 Å². The summed E-state index contributed by atoms with van der Waals surface area (Å²) in [5.74, 6) is -2.81. The minimum Gasteiger partial charge on any atom is -0.480 e. The average Bonchev–Trinajstić information content (AvgIpc) is 3.10. The number of hydrogen-bond acceptors (Lipinski definition) is 4. The van der Waals surface area contributed by atoms with Crippen molar-refractivity contribution in [2.75, 3.05) is 0 Å². The summed E-state index contributed by atoms with van der Waals surface area (Å²) >= 11 is 5.81. The molecule has 0 saturated heterocycles. The summed E-state index contributed by atoms with van der Waals surface area (Å²) in [7, 11) is -3.88. The molecular formula is C22H22ClFN2O5S. The van der Waals surface area contributed by atoms with Crippen molar-refractivity contribution in [2.24, 2.45) is 5.92 Å². The first-order chi connectivity index (χ1) is 15.0. The van der Waals surface area contributed by atoms with Gasteiger partial charge in [0.1, 0.15) is 11.9 Å². The number of halogens is 2. The molecule has 1 aliphatic rings. The van der Waals surface area contributed by atoms with Crippen LogP contribution in [0, 0.1) is 11.7 Å². The van der Waals surface area contributed by atoms with E-state index >= 15 is 0 Å². The van der Waals surface area contributed by atoms with Gasteiger partial charge in [0.2, 0.25) is 15.9 Å². The Bertz CT molecular complexity index is 1180. The molecule has 3 N–H and O–H groups in total. The second-order valence-corrected chi connectivity index (χ2v) is 9.90. The Morgan fingerprint density at radius 1 is 1.16 bits per heavy atom. The van der Waals surface area contributed by atoms with E-state index in [0.29, 0.717) is 16.1 Å². The summed E-state index contributed by atoms with van der Waals surface area (Å²) in [5.41, 5.74) is 0.947. The predicted molar refractivity (Wildman–Crippen MR) is 118 cm³/mol. The zero-order chi connectivity index (χ0) is 23.6. The topological polar surface area (TPSA) is 113 Å². The van der Waals surface area contributed by atoms with E-state index in [9.17, 15) is 27.5 Å². The van der Waals surface area contributed by atoms with Crippen molar-refractivity contribution in [3.8, 4) is 0 Å². The third-order valence-electron chi connectivity index (χ3n) is 5.12. The molecule has 0 radical (unpaired) electrons. The Kier molecular flexibility index (Phi) is 7.02. The normalized spacial score (nSPS) is 16.1. The van der Waals surface area contributed by atoms with Crippen LogP contribution in [-0.2, 0) is 26.0 Å². The lowest BCUT2D eigenvalue weighted by Gasteiger charge is -2.19. The lowest BCUT2D eigenvalue weighted by atomic mass is 9.98. The van der Waals surface area contributed by atoms with Crippen LogP contribution in [0.4, 0.5) is 4.39 Å². The first kappa shape index (κ1) is 23.9. The minimum atomic E-state index is -3.88. The summed E-state index contributed by atoms with van der Waals surface area (Å²) in [5, 5.41) is 12.1. The number of nitrogens with one attached hydrogen (secondary N) is 2. The molecule has 2 aromatic carbocycles. The van der Waals surface area contributed by atoms with Gasteiger partial charge in [-0.2, -0.15) is 4.72 Å². The van der Waals surface area contributed by atoms with Crippen LogP contribution >= 0.6 is 11.6 Å². The molecule has 0 saturated carbocycles. The van der Waals surface area contributed by atoms with Gasteiger partial charge in [-0.15, -0.1) is 0 Å². The molecule has 0 fully saturated rings. The molecule has 3 rings (SSSR count). The quantitative estimate of drug-likeness (QED) is 0.536. The number of sulfonamides is 1. The van der Waals surface area contributed by atoms with Gasteiger partial charge < -0.3 is 10.4 Å². The molecule has 7 nitrogen and oxygen atoms in total. The predicted octanol–water partition coefficient (Wildman–Crippen LogP) is 3.29. The molecule has 2 aromatic rings. The highest BCUT2D eigenvalue weighted by Crippen LogP contribution is 2.33. The Balaban J connectivity index is 1.82. The average molecular weight is 481 g/mol. The molecule has 2 atom stereocenters. The molecule has 0 aromatic heterocycles. The van der Waals surface area contributed by atoms with E-state index in [1.54, 1.807) is 26.0 Å². The van der Waals surface area contributed by atoms with E-state index in [4.69, 9.17) is 11.6 Å². The van der Waals surface area contributed by atoms with Gasteiger partial charge in [0.25, 0.3) is 0 Å². The van der Waals surface area contributed by atoms with E-state index in [1.807, 2.05) is 0 Å². The molecule has 0 bridgehead atoms. The number of amides is 1. The molecule has 0 heterocycles. The summed E-state index contributed by atoms with van der Waals surface area (Å²) in [6.07, 6.45) is 2.73. The Labute approximate surface area is 190 Å². The molecule has 0 aliphatic heterocycles. The third kappa shape index (κ3) is 5.17. The highest BCUT2D eigenvalue weighted by Gasteiger charge is 2.29. The van der Waals surface area contributed by atoms with E-state index in [-0.39, 0.29) is 22.8 Å². The summed E-state index contributed by atoms with van der Waals surface area (Å²) < 4.78 is 42.5. The highest BCUT2D eigenvalue weighted by atomic mass is 35.5. The van der Waals surface area contributed by atoms with Crippen molar-refractivity contribution in [3.05, 3.63) is 70.0 Å². The van der Waals surface area contributed by atoms with Gasteiger partial charge in [0.05, 0.1) is 17.4 Å². The SMILES string of the molecule is CC(C)[C@@H](NC(=O)Cc1c(F)ccc2c1C=CC2NS(=O)(=O)c1ccc(Cl)cc1)C(=O)O. The molecule has 1 unspecified atom stereocenters. The second-order valence-electron chi connectivity index (χ2n) is 7.75. The minimum absolute atomic E-state index is 0.0267. The first-order valence-corrected chi connectivity index (χ1v) is 11.6. The smallest absolute Gasteiger partial charge is 0.326 e. The van der Waals surface area contributed by atoms with Crippen LogP contribution in [0.3, 0.4) is 0 Å². The van der Waals surface area contributed by atoms with E-state index in [1.165, 1.54) is 30.3 Å². The number of carbonyl (C=O) groups is 2. The number of rotatable bonds is 8. The maximum atomic E-state index is 14.5. The van der Waals surface area contributed by atoms with Crippen molar-refractivity contribution in [1.82, 2.24) is 10.0 Å². The van der Waals surface area contributed by atoms with Crippen LogP contribution in [0.25, 0.3) is 6.08 Å². The van der Waals surface area contributed by atoms with Crippen LogP contribution in [-0.4, -0.2) is 31.4 Å². The Morgan fingerprint density at radius 3 is 2.41 bits per heavy atom. The van der Waals surface area contributed by atoms with Crippen LogP contribution in [0.15, 0.2) is 47.4 Å². The summed E-state index contributed by atoms with van der Waals surface area (Å²) in [6.45, 7) is 3.31. The largest absolute Gasteiger partial charge is 0.480 e. The monoisotopic (exact) mass is 480 g/mol. The van der Waals surface area contributed by atoms with Crippen LogP contribution in [0.5, 0.6) is 0 Å². The fourth-order valence-electron chi connectivity index (χ4n) is 3.45.